The number of halogens is 3. The van der Waals surface area contributed by atoms with Gasteiger partial charge in [0.2, 0.25) is 5.91 Å². The lowest BCUT2D eigenvalue weighted by Crippen LogP contribution is -2.40. The average Bonchev–Trinajstić information content (AvgIpc) is 2.60. The summed E-state index contributed by atoms with van der Waals surface area (Å²) in [6.45, 7) is 2.43. The van der Waals surface area contributed by atoms with Gasteiger partial charge in [-0.25, -0.2) is 0 Å². The molecule has 132 valence electrons. The first-order valence-corrected chi connectivity index (χ1v) is 9.38. The van der Waals surface area contributed by atoms with Gasteiger partial charge in [-0.3, -0.25) is 9.69 Å². The fourth-order valence-electron chi connectivity index (χ4n) is 3.11. The molecule has 1 amide bonds. The summed E-state index contributed by atoms with van der Waals surface area (Å²) in [5, 5.41) is 4.68. The van der Waals surface area contributed by atoms with Crippen LogP contribution < -0.4 is 5.32 Å². The number of carbonyl (C=O) groups is 1. The molecule has 0 spiro atoms. The molecule has 2 aromatic carbocycles. The lowest BCUT2D eigenvalue weighted by Gasteiger charge is -2.32. The first-order chi connectivity index (χ1) is 12.0. The molecule has 1 atom stereocenters. The van der Waals surface area contributed by atoms with Gasteiger partial charge in [-0.1, -0.05) is 53.0 Å². The van der Waals surface area contributed by atoms with Crippen molar-refractivity contribution in [2.24, 2.45) is 5.92 Å². The molecular weight excluding hydrogens is 379 g/mol. The number of benzene rings is 2. The summed E-state index contributed by atoms with van der Waals surface area (Å²) in [4.78, 5) is 14.9. The Bertz CT molecular complexity index is 766. The third-order valence-corrected chi connectivity index (χ3v) is 5.33. The summed E-state index contributed by atoms with van der Waals surface area (Å²) in [5.74, 6) is -0.0731. The van der Waals surface area contributed by atoms with Gasteiger partial charge >= 0.3 is 0 Å². The van der Waals surface area contributed by atoms with Gasteiger partial charge in [0.1, 0.15) is 0 Å². The molecule has 1 aliphatic rings. The Kier molecular flexibility index (Phi) is 6.24. The number of hydrogen-bond acceptors (Lipinski definition) is 2. The molecule has 0 saturated carbocycles. The highest BCUT2D eigenvalue weighted by atomic mass is 35.5. The minimum atomic E-state index is -0.0667. The maximum atomic E-state index is 12.6. The molecule has 1 unspecified atom stereocenters. The maximum absolute atomic E-state index is 12.6. The maximum Gasteiger partial charge on any atom is 0.228 e. The van der Waals surface area contributed by atoms with Gasteiger partial charge in [0, 0.05) is 23.1 Å². The number of rotatable bonds is 4. The highest BCUT2D eigenvalue weighted by Gasteiger charge is 2.26. The van der Waals surface area contributed by atoms with E-state index in [4.69, 9.17) is 34.8 Å². The third-order valence-electron chi connectivity index (χ3n) is 4.42. The van der Waals surface area contributed by atoms with Gasteiger partial charge in [-0.15, -0.1) is 0 Å². The molecule has 0 aromatic heterocycles. The zero-order valence-electron chi connectivity index (χ0n) is 13.6. The second-order valence-corrected chi connectivity index (χ2v) is 7.53. The van der Waals surface area contributed by atoms with Crippen LogP contribution in [0.25, 0.3) is 0 Å². The molecule has 1 saturated heterocycles. The Morgan fingerprint density at radius 1 is 1.12 bits per heavy atom. The summed E-state index contributed by atoms with van der Waals surface area (Å²) in [5.41, 5.74) is 1.69. The molecule has 0 radical (unpaired) electrons. The molecule has 3 rings (SSSR count). The SMILES string of the molecule is O=C(Nc1ccc(Cl)cc1Cl)C1CCCN(Cc2ccccc2Cl)C1. The number of hydrogen-bond donors (Lipinski definition) is 1. The molecule has 1 aliphatic heterocycles. The number of nitrogens with one attached hydrogen (secondary N) is 1. The molecule has 1 N–H and O–H groups in total. The van der Waals surface area contributed by atoms with Crippen molar-refractivity contribution in [3.63, 3.8) is 0 Å². The van der Waals surface area contributed by atoms with Crippen LogP contribution in [-0.2, 0) is 11.3 Å². The zero-order valence-corrected chi connectivity index (χ0v) is 15.9. The summed E-state index contributed by atoms with van der Waals surface area (Å²) in [6.07, 6.45) is 1.85. The van der Waals surface area contributed by atoms with Crippen LogP contribution >= 0.6 is 34.8 Å². The van der Waals surface area contributed by atoms with Crippen LogP contribution in [0.3, 0.4) is 0 Å². The highest BCUT2D eigenvalue weighted by molar-refractivity contribution is 6.36. The van der Waals surface area contributed by atoms with E-state index in [1.165, 1.54) is 0 Å². The van der Waals surface area contributed by atoms with Crippen LogP contribution in [0, 0.1) is 5.92 Å². The summed E-state index contributed by atoms with van der Waals surface area (Å²) in [7, 11) is 0. The lowest BCUT2D eigenvalue weighted by atomic mass is 9.96. The van der Waals surface area contributed by atoms with Crippen molar-refractivity contribution in [1.82, 2.24) is 4.90 Å². The fraction of sp³-hybridized carbons (Fsp3) is 0.316. The smallest absolute Gasteiger partial charge is 0.228 e. The van der Waals surface area contributed by atoms with Crippen molar-refractivity contribution in [1.29, 1.82) is 0 Å². The molecule has 1 fully saturated rings. The van der Waals surface area contributed by atoms with E-state index >= 15 is 0 Å². The minimum absolute atomic E-state index is 0.00641. The van der Waals surface area contributed by atoms with Gasteiger partial charge in [-0.05, 0) is 49.2 Å². The zero-order chi connectivity index (χ0) is 17.8. The van der Waals surface area contributed by atoms with Gasteiger partial charge in [0.05, 0.1) is 16.6 Å². The van der Waals surface area contributed by atoms with Crippen molar-refractivity contribution in [3.8, 4) is 0 Å². The Morgan fingerprint density at radius 2 is 1.92 bits per heavy atom. The van der Waals surface area contributed by atoms with Crippen LogP contribution in [0.5, 0.6) is 0 Å². The Morgan fingerprint density at radius 3 is 2.68 bits per heavy atom. The van der Waals surface area contributed by atoms with Crippen LogP contribution in [-0.4, -0.2) is 23.9 Å². The second kappa shape index (κ2) is 8.41. The first-order valence-electron chi connectivity index (χ1n) is 8.24. The molecule has 25 heavy (non-hydrogen) atoms. The Hall–Kier alpha value is -1.26. The standard InChI is InChI=1S/C19H19Cl3N2O/c20-15-7-8-18(17(22)10-15)23-19(25)14-5-3-9-24(12-14)11-13-4-1-2-6-16(13)21/h1-2,4,6-8,10,14H,3,5,9,11-12H2,(H,23,25). The summed E-state index contributed by atoms with van der Waals surface area (Å²) < 4.78 is 0. The number of amides is 1. The number of likely N-dealkylation sites (tertiary alicyclic amines) is 1. The predicted molar refractivity (Wildman–Crippen MR) is 105 cm³/mol. The number of piperidine rings is 1. The van der Waals surface area contributed by atoms with E-state index in [0.717, 1.165) is 36.5 Å². The first kappa shape index (κ1) is 18.5. The monoisotopic (exact) mass is 396 g/mol. The van der Waals surface area contributed by atoms with E-state index in [1.807, 2.05) is 24.3 Å². The molecule has 3 nitrogen and oxygen atoms in total. The van der Waals surface area contributed by atoms with Crippen molar-refractivity contribution in [3.05, 3.63) is 63.1 Å². The van der Waals surface area contributed by atoms with Crippen molar-refractivity contribution >= 4 is 46.4 Å². The fourth-order valence-corrected chi connectivity index (χ4v) is 3.76. The van der Waals surface area contributed by atoms with Crippen LogP contribution in [0.15, 0.2) is 42.5 Å². The van der Waals surface area contributed by atoms with Crippen molar-refractivity contribution in [2.45, 2.75) is 19.4 Å². The highest BCUT2D eigenvalue weighted by Crippen LogP contribution is 2.27. The third kappa shape index (κ3) is 4.89. The topological polar surface area (TPSA) is 32.3 Å². The van der Waals surface area contributed by atoms with Crippen molar-refractivity contribution in [2.75, 3.05) is 18.4 Å². The summed E-state index contributed by atoms with van der Waals surface area (Å²) in [6, 6.07) is 12.9. The average molecular weight is 398 g/mol. The Labute approximate surface area is 162 Å². The van der Waals surface area contributed by atoms with Crippen LogP contribution in [0.1, 0.15) is 18.4 Å². The van der Waals surface area contributed by atoms with E-state index in [-0.39, 0.29) is 11.8 Å². The number of anilines is 1. The van der Waals surface area contributed by atoms with Crippen LogP contribution in [0.4, 0.5) is 5.69 Å². The van der Waals surface area contributed by atoms with E-state index in [2.05, 4.69) is 10.2 Å². The van der Waals surface area contributed by atoms with Crippen molar-refractivity contribution < 1.29 is 4.79 Å². The predicted octanol–water partition coefficient (Wildman–Crippen LogP) is 5.50. The second-order valence-electron chi connectivity index (χ2n) is 6.28. The summed E-state index contributed by atoms with van der Waals surface area (Å²) >= 11 is 18.3. The normalized spacial score (nSPS) is 18.1. The molecular formula is C19H19Cl3N2O. The molecule has 0 bridgehead atoms. The largest absolute Gasteiger partial charge is 0.324 e. The van der Waals surface area contributed by atoms with Gasteiger partial charge in [-0.2, -0.15) is 0 Å². The Balaban J connectivity index is 1.62. The van der Waals surface area contributed by atoms with Gasteiger partial charge in [0.25, 0.3) is 0 Å². The lowest BCUT2D eigenvalue weighted by molar-refractivity contribution is -0.121. The molecule has 1 heterocycles. The van der Waals surface area contributed by atoms with Crippen LogP contribution in [0.2, 0.25) is 15.1 Å². The van der Waals surface area contributed by atoms with E-state index < -0.39 is 0 Å². The van der Waals surface area contributed by atoms with Gasteiger partial charge in [0.15, 0.2) is 0 Å². The van der Waals surface area contributed by atoms with E-state index in [9.17, 15) is 4.79 Å². The minimum Gasteiger partial charge on any atom is -0.324 e. The van der Waals surface area contributed by atoms with Gasteiger partial charge < -0.3 is 5.32 Å². The number of nitrogens with zero attached hydrogens (tertiary/aromatic N) is 1. The molecule has 6 heteroatoms. The van der Waals surface area contributed by atoms with E-state index in [0.29, 0.717) is 22.3 Å². The quantitative estimate of drug-likeness (QED) is 0.739. The molecule has 2 aromatic rings. The van der Waals surface area contributed by atoms with E-state index in [1.54, 1.807) is 18.2 Å². The number of carbonyl (C=O) groups excluding carboxylic acids is 1. The molecule has 0 aliphatic carbocycles.